The van der Waals surface area contributed by atoms with Crippen LogP contribution in [-0.4, -0.2) is 11.7 Å². The van der Waals surface area contributed by atoms with E-state index in [9.17, 15) is 0 Å². The first kappa shape index (κ1) is 6.64. The van der Waals surface area contributed by atoms with Gasteiger partial charge in [0.1, 0.15) is 0 Å². The van der Waals surface area contributed by atoms with Gasteiger partial charge in [-0.25, -0.2) is 0 Å². The minimum Gasteiger partial charge on any atom is -0.396 e. The summed E-state index contributed by atoms with van der Waals surface area (Å²) in [6.07, 6.45) is 8.37. The van der Waals surface area contributed by atoms with Crippen LogP contribution in [0, 0.1) is 5.89 Å². The number of hydrogen-bond acceptors (Lipinski definition) is 1. The number of hydrogen-bond donors (Lipinski definition) is 1. The fraction of sp³-hybridized carbons (Fsp3) is 1.00. The molecule has 1 nitrogen and oxygen atoms in total. The standard InChI is InChI=1S/C14H30O/c1-14(2)12-10-8-6-4-3-5-7-9-11-13-15/h14-15H,3-13H2,1-2H3/i1D3,2D3,14D. The number of rotatable bonds is 11. The van der Waals surface area contributed by atoms with Crippen LogP contribution in [0.25, 0.3) is 0 Å². The second kappa shape index (κ2) is 12.0. The van der Waals surface area contributed by atoms with E-state index in [2.05, 4.69) is 0 Å². The third kappa shape index (κ3) is 14.0. The highest BCUT2D eigenvalue weighted by Crippen LogP contribution is 2.12. The molecule has 0 aliphatic rings. The third-order valence-electron chi connectivity index (χ3n) is 2.58. The van der Waals surface area contributed by atoms with Crippen LogP contribution in [0.5, 0.6) is 0 Å². The molecule has 1 N–H and O–H groups in total. The minimum absolute atomic E-state index is 0.115. The smallest absolute Gasteiger partial charge is 0.0431 e. The lowest BCUT2D eigenvalue weighted by molar-refractivity contribution is 0.282. The van der Waals surface area contributed by atoms with Gasteiger partial charge in [0.15, 0.2) is 0 Å². The van der Waals surface area contributed by atoms with E-state index in [0.717, 1.165) is 51.4 Å². The predicted octanol–water partition coefficient (Wildman–Crippen LogP) is 4.54. The van der Waals surface area contributed by atoms with Crippen LogP contribution in [0.1, 0.15) is 87.5 Å². The molecular formula is C14H30O. The van der Waals surface area contributed by atoms with Crippen LogP contribution in [0.3, 0.4) is 0 Å². The molecule has 0 bridgehead atoms. The van der Waals surface area contributed by atoms with Gasteiger partial charge < -0.3 is 5.11 Å². The summed E-state index contributed by atoms with van der Waals surface area (Å²) in [5.41, 5.74) is 0. The van der Waals surface area contributed by atoms with Crippen molar-refractivity contribution >= 4 is 0 Å². The first-order chi connectivity index (χ1) is 10.1. The molecule has 0 aromatic heterocycles. The van der Waals surface area contributed by atoms with E-state index in [1.165, 1.54) is 0 Å². The van der Waals surface area contributed by atoms with Crippen molar-refractivity contribution in [2.75, 3.05) is 6.61 Å². The summed E-state index contributed by atoms with van der Waals surface area (Å²) in [7, 11) is 0. The zero-order chi connectivity index (χ0) is 17.3. The molecular weight excluding hydrogens is 184 g/mol. The average molecular weight is 221 g/mol. The molecule has 0 radical (unpaired) electrons. The maximum Gasteiger partial charge on any atom is 0.0431 e. The Kier molecular flexibility index (Phi) is 5.32. The van der Waals surface area contributed by atoms with E-state index in [0.29, 0.717) is 6.42 Å². The third-order valence-corrected chi connectivity index (χ3v) is 2.58. The molecule has 15 heavy (non-hydrogen) atoms. The van der Waals surface area contributed by atoms with E-state index >= 15 is 0 Å². The molecule has 0 heterocycles. The van der Waals surface area contributed by atoms with Gasteiger partial charge in [-0.15, -0.1) is 0 Å². The quantitative estimate of drug-likeness (QED) is 0.508. The maximum atomic E-state index is 8.65. The van der Waals surface area contributed by atoms with Gasteiger partial charge in [-0.3, -0.25) is 0 Å². The molecule has 0 aliphatic carbocycles. The first-order valence-corrected chi connectivity index (χ1v) is 6.17. The molecule has 0 aliphatic heterocycles. The van der Waals surface area contributed by atoms with Crippen LogP contribution in [0.4, 0.5) is 0 Å². The Balaban J connectivity index is 3.89. The highest BCUT2D eigenvalue weighted by atomic mass is 16.2. The van der Waals surface area contributed by atoms with Crippen molar-refractivity contribution < 1.29 is 14.7 Å². The van der Waals surface area contributed by atoms with Gasteiger partial charge in [-0.05, 0) is 12.3 Å². The number of aliphatic hydroxyl groups is 1. The molecule has 1 heteroatoms. The van der Waals surface area contributed by atoms with Crippen LogP contribution in [0.15, 0.2) is 0 Å². The summed E-state index contributed by atoms with van der Waals surface area (Å²) >= 11 is 0. The van der Waals surface area contributed by atoms with Gasteiger partial charge in [0.2, 0.25) is 0 Å². The minimum atomic E-state index is -2.79. The molecule has 0 saturated carbocycles. The van der Waals surface area contributed by atoms with Crippen LogP contribution in [-0.2, 0) is 0 Å². The summed E-state index contributed by atoms with van der Waals surface area (Å²) in [4.78, 5) is 0. The van der Waals surface area contributed by atoms with E-state index < -0.39 is 19.6 Å². The Morgan fingerprint density at radius 2 is 1.33 bits per heavy atom. The lowest BCUT2D eigenvalue weighted by Crippen LogP contribution is -1.87. The monoisotopic (exact) mass is 221 g/mol. The summed E-state index contributed by atoms with van der Waals surface area (Å²) in [5.74, 6) is -2.36. The fourth-order valence-corrected chi connectivity index (χ4v) is 1.65. The first-order valence-electron chi connectivity index (χ1n) is 9.67. The number of aliphatic hydroxyl groups excluding tert-OH is 1. The largest absolute Gasteiger partial charge is 0.396 e. The van der Waals surface area contributed by atoms with Gasteiger partial charge in [0, 0.05) is 16.2 Å². The van der Waals surface area contributed by atoms with Gasteiger partial charge in [-0.1, -0.05) is 71.5 Å². The normalized spacial score (nSPS) is 20.5. The second-order valence-corrected chi connectivity index (χ2v) is 4.13. The van der Waals surface area contributed by atoms with Gasteiger partial charge in [0.05, 0.1) is 0 Å². The molecule has 0 unspecified atom stereocenters. The molecule has 0 atom stereocenters. The molecule has 0 spiro atoms. The molecule has 0 aromatic carbocycles. The Bertz CT molecular complexity index is 272. The Labute approximate surface area is 106 Å². The molecule has 0 aromatic rings. The topological polar surface area (TPSA) is 20.2 Å². The van der Waals surface area contributed by atoms with Crippen LogP contribution < -0.4 is 0 Å². The van der Waals surface area contributed by atoms with E-state index in [-0.39, 0.29) is 13.0 Å². The van der Waals surface area contributed by atoms with E-state index in [1.54, 1.807) is 0 Å². The molecule has 0 amide bonds. The zero-order valence-electron chi connectivity index (χ0n) is 16.7. The Hall–Kier alpha value is -0.0400. The van der Waals surface area contributed by atoms with E-state index in [1.807, 2.05) is 0 Å². The highest BCUT2D eigenvalue weighted by Gasteiger charge is 1.95. The number of unbranched alkanes of at least 4 members (excludes halogenated alkanes) is 8. The predicted molar refractivity (Wildman–Crippen MR) is 68.1 cm³/mol. The van der Waals surface area contributed by atoms with Crippen molar-refractivity contribution in [1.82, 2.24) is 0 Å². The average Bonchev–Trinajstić information content (AvgIpc) is 2.38. The van der Waals surface area contributed by atoms with Crippen LogP contribution in [0.2, 0.25) is 0 Å². The van der Waals surface area contributed by atoms with Gasteiger partial charge in [0.25, 0.3) is 0 Å². The highest BCUT2D eigenvalue weighted by molar-refractivity contribution is 4.49. The summed E-state index contributed by atoms with van der Waals surface area (Å²) in [6.45, 7) is -5.32. The van der Waals surface area contributed by atoms with E-state index in [4.69, 9.17) is 14.7 Å². The van der Waals surface area contributed by atoms with Gasteiger partial charge >= 0.3 is 0 Å². The Morgan fingerprint density at radius 3 is 1.80 bits per heavy atom. The maximum absolute atomic E-state index is 8.65. The summed E-state index contributed by atoms with van der Waals surface area (Å²) in [6, 6.07) is 0. The van der Waals surface area contributed by atoms with Crippen molar-refractivity contribution in [2.45, 2.75) is 77.9 Å². The SMILES string of the molecule is [2H]C([2H])([2H])C([2H])(CCCCCCCCCCCO)C([2H])([2H])[2H]. The van der Waals surface area contributed by atoms with Crippen molar-refractivity contribution in [3.8, 4) is 0 Å². The van der Waals surface area contributed by atoms with Crippen molar-refractivity contribution in [3.63, 3.8) is 0 Å². The van der Waals surface area contributed by atoms with Crippen molar-refractivity contribution in [3.05, 3.63) is 0 Å². The van der Waals surface area contributed by atoms with Gasteiger partial charge in [-0.2, -0.15) is 0 Å². The lowest BCUT2D eigenvalue weighted by Gasteiger charge is -2.04. The van der Waals surface area contributed by atoms with Crippen molar-refractivity contribution in [1.29, 1.82) is 0 Å². The molecule has 0 fully saturated rings. The van der Waals surface area contributed by atoms with Crippen molar-refractivity contribution in [2.24, 2.45) is 5.89 Å². The summed E-state index contributed by atoms with van der Waals surface area (Å²) < 4.78 is 51.9. The second-order valence-electron chi connectivity index (χ2n) is 4.13. The van der Waals surface area contributed by atoms with Crippen LogP contribution >= 0.6 is 0 Å². The summed E-state index contributed by atoms with van der Waals surface area (Å²) in [5, 5.41) is 8.65. The molecule has 0 rings (SSSR count). The zero-order valence-corrected chi connectivity index (χ0v) is 9.73. The Morgan fingerprint density at radius 1 is 0.867 bits per heavy atom. The molecule has 92 valence electrons. The lowest BCUT2D eigenvalue weighted by atomic mass is 10.0. The molecule has 0 saturated heterocycles. The fourth-order valence-electron chi connectivity index (χ4n) is 1.65.